The Hall–Kier alpha value is -0.760. The molecule has 1 rings (SSSR count). The van der Waals surface area contributed by atoms with Crippen molar-refractivity contribution in [2.45, 2.75) is 52.5 Å². The molecule has 0 radical (unpaired) electrons. The third-order valence-corrected chi connectivity index (χ3v) is 3.06. The molecule has 0 spiro atoms. The molecule has 1 aromatic rings. The lowest BCUT2D eigenvalue weighted by Gasteiger charge is -2.26. The molecule has 0 N–H and O–H groups in total. The third kappa shape index (κ3) is 3.11. The number of hydrogen-bond donors (Lipinski definition) is 0. The van der Waals surface area contributed by atoms with Gasteiger partial charge in [-0.25, -0.2) is 4.98 Å². The van der Waals surface area contributed by atoms with Crippen LogP contribution in [0.5, 0.6) is 5.88 Å². The Labute approximate surface area is 103 Å². The van der Waals surface area contributed by atoms with Gasteiger partial charge < -0.3 is 4.74 Å². The van der Waals surface area contributed by atoms with E-state index in [9.17, 15) is 0 Å². The number of rotatable bonds is 4. The minimum absolute atomic E-state index is 0.200. The molecule has 0 aromatic carbocycles. The van der Waals surface area contributed by atoms with Gasteiger partial charge in [0.25, 0.3) is 0 Å². The monoisotopic (exact) mass is 241 g/mol. The lowest BCUT2D eigenvalue weighted by molar-refractivity contribution is 0.0976. The van der Waals surface area contributed by atoms with Crippen LogP contribution in [0.3, 0.4) is 0 Å². The van der Waals surface area contributed by atoms with Crippen molar-refractivity contribution in [3.05, 3.63) is 22.9 Å². The number of aromatic nitrogens is 1. The number of pyridine rings is 1. The van der Waals surface area contributed by atoms with E-state index in [4.69, 9.17) is 16.3 Å². The smallest absolute Gasteiger partial charge is 0.218 e. The summed E-state index contributed by atoms with van der Waals surface area (Å²) in [4.78, 5) is 4.43. The summed E-state index contributed by atoms with van der Waals surface area (Å²) in [6, 6.07) is 2.03. The first-order valence-electron chi connectivity index (χ1n) is 5.61. The average Bonchev–Trinajstić information content (AvgIpc) is 2.16. The van der Waals surface area contributed by atoms with E-state index in [0.717, 1.165) is 23.2 Å². The van der Waals surface area contributed by atoms with Gasteiger partial charge in [0.15, 0.2) is 0 Å². The van der Waals surface area contributed by atoms with Crippen LogP contribution < -0.4 is 4.74 Å². The van der Waals surface area contributed by atoms with E-state index >= 15 is 0 Å². The van der Waals surface area contributed by atoms with E-state index in [2.05, 4.69) is 25.8 Å². The van der Waals surface area contributed by atoms with Crippen molar-refractivity contribution in [1.29, 1.82) is 0 Å². The van der Waals surface area contributed by atoms with Gasteiger partial charge in [0.2, 0.25) is 5.88 Å². The van der Waals surface area contributed by atoms with E-state index < -0.39 is 0 Å². The highest BCUT2D eigenvalue weighted by molar-refractivity contribution is 6.17. The van der Waals surface area contributed by atoms with Crippen LogP contribution in [-0.2, 0) is 5.88 Å². The van der Waals surface area contributed by atoms with Gasteiger partial charge in [0, 0.05) is 11.3 Å². The highest BCUT2D eigenvalue weighted by atomic mass is 35.5. The Bertz CT molecular complexity index is 374. The molecule has 0 fully saturated rings. The van der Waals surface area contributed by atoms with Crippen molar-refractivity contribution in [2.24, 2.45) is 0 Å². The summed E-state index contributed by atoms with van der Waals surface area (Å²) in [5.41, 5.74) is 2.90. The number of ether oxygens (including phenoxy) is 1. The zero-order valence-corrected chi connectivity index (χ0v) is 11.5. The SMILES string of the molecule is CCC(C)(C)Oc1nc(C)cc(C)c1CCl. The second-order valence-electron chi connectivity index (χ2n) is 4.71. The highest BCUT2D eigenvalue weighted by Gasteiger charge is 2.20. The first-order valence-corrected chi connectivity index (χ1v) is 6.15. The summed E-state index contributed by atoms with van der Waals surface area (Å²) < 4.78 is 5.94. The second-order valence-corrected chi connectivity index (χ2v) is 4.98. The zero-order valence-electron chi connectivity index (χ0n) is 10.7. The van der Waals surface area contributed by atoms with E-state index in [1.165, 1.54) is 0 Å². The minimum Gasteiger partial charge on any atom is -0.471 e. The van der Waals surface area contributed by atoms with Gasteiger partial charge in [-0.15, -0.1) is 11.6 Å². The predicted octanol–water partition coefficient (Wildman–Crippen LogP) is 4.00. The van der Waals surface area contributed by atoms with E-state index in [-0.39, 0.29) is 5.60 Å². The Morgan fingerprint density at radius 1 is 1.38 bits per heavy atom. The van der Waals surface area contributed by atoms with Crippen molar-refractivity contribution >= 4 is 11.6 Å². The van der Waals surface area contributed by atoms with Crippen LogP contribution in [0.1, 0.15) is 44.0 Å². The Kier molecular flexibility index (Phi) is 4.20. The normalized spacial score (nSPS) is 11.6. The lowest BCUT2D eigenvalue weighted by atomic mass is 10.1. The first-order chi connectivity index (χ1) is 7.39. The summed E-state index contributed by atoms with van der Waals surface area (Å²) in [6.07, 6.45) is 0.934. The maximum absolute atomic E-state index is 5.94. The zero-order chi connectivity index (χ0) is 12.3. The first kappa shape index (κ1) is 13.3. The topological polar surface area (TPSA) is 22.1 Å². The summed E-state index contributed by atoms with van der Waals surface area (Å²) >= 11 is 5.94. The molecule has 0 saturated carbocycles. The number of nitrogens with zero attached hydrogens (tertiary/aromatic N) is 1. The van der Waals surface area contributed by atoms with E-state index in [1.54, 1.807) is 0 Å². The highest BCUT2D eigenvalue weighted by Crippen LogP contribution is 2.27. The molecule has 0 atom stereocenters. The van der Waals surface area contributed by atoms with Crippen LogP contribution >= 0.6 is 11.6 Å². The summed E-state index contributed by atoms with van der Waals surface area (Å²) in [7, 11) is 0. The molecular formula is C13H20ClNO. The average molecular weight is 242 g/mol. The Balaban J connectivity index is 3.12. The molecule has 0 aliphatic carbocycles. The van der Waals surface area contributed by atoms with Crippen molar-refractivity contribution < 1.29 is 4.74 Å². The van der Waals surface area contributed by atoms with Crippen LogP contribution in [0.4, 0.5) is 0 Å². The molecule has 0 saturated heterocycles. The van der Waals surface area contributed by atoms with Crippen LogP contribution in [0, 0.1) is 13.8 Å². The fourth-order valence-corrected chi connectivity index (χ4v) is 1.73. The predicted molar refractivity (Wildman–Crippen MR) is 68.3 cm³/mol. The maximum atomic E-state index is 5.94. The van der Waals surface area contributed by atoms with E-state index in [0.29, 0.717) is 11.8 Å². The molecule has 1 heterocycles. The molecule has 0 bridgehead atoms. The van der Waals surface area contributed by atoms with Gasteiger partial charge >= 0.3 is 0 Å². The molecule has 1 aromatic heterocycles. The summed E-state index contributed by atoms with van der Waals surface area (Å²) in [6.45, 7) is 10.2. The lowest BCUT2D eigenvalue weighted by Crippen LogP contribution is -2.28. The van der Waals surface area contributed by atoms with Crippen molar-refractivity contribution in [3.63, 3.8) is 0 Å². The molecular weight excluding hydrogens is 222 g/mol. The fourth-order valence-electron chi connectivity index (χ4n) is 1.41. The fraction of sp³-hybridized carbons (Fsp3) is 0.615. The van der Waals surface area contributed by atoms with Gasteiger partial charge in [-0.1, -0.05) is 6.92 Å². The molecule has 2 nitrogen and oxygen atoms in total. The minimum atomic E-state index is -0.200. The van der Waals surface area contributed by atoms with Crippen LogP contribution in [0.15, 0.2) is 6.07 Å². The number of halogens is 1. The van der Waals surface area contributed by atoms with Crippen molar-refractivity contribution in [3.8, 4) is 5.88 Å². The Morgan fingerprint density at radius 2 is 2.00 bits per heavy atom. The van der Waals surface area contributed by atoms with Gasteiger partial charge in [0.05, 0.1) is 5.88 Å². The molecule has 0 aliphatic rings. The maximum Gasteiger partial charge on any atom is 0.218 e. The molecule has 90 valence electrons. The Morgan fingerprint density at radius 3 is 2.50 bits per heavy atom. The van der Waals surface area contributed by atoms with Gasteiger partial charge in [-0.2, -0.15) is 0 Å². The largest absolute Gasteiger partial charge is 0.471 e. The number of hydrogen-bond acceptors (Lipinski definition) is 2. The molecule has 0 unspecified atom stereocenters. The van der Waals surface area contributed by atoms with Gasteiger partial charge in [-0.3, -0.25) is 0 Å². The number of alkyl halides is 1. The standard InChI is InChI=1S/C13H20ClNO/c1-6-13(4,5)16-12-11(8-14)9(2)7-10(3)15-12/h7H,6,8H2,1-5H3. The van der Waals surface area contributed by atoms with Gasteiger partial charge in [-0.05, 0) is 45.7 Å². The van der Waals surface area contributed by atoms with Crippen LogP contribution in [-0.4, -0.2) is 10.6 Å². The third-order valence-electron chi connectivity index (χ3n) is 2.80. The van der Waals surface area contributed by atoms with Crippen LogP contribution in [0.25, 0.3) is 0 Å². The second kappa shape index (κ2) is 5.05. The van der Waals surface area contributed by atoms with Gasteiger partial charge in [0.1, 0.15) is 5.60 Å². The van der Waals surface area contributed by atoms with E-state index in [1.807, 2.05) is 19.9 Å². The molecule has 0 amide bonds. The molecule has 3 heteroatoms. The quantitative estimate of drug-likeness (QED) is 0.744. The van der Waals surface area contributed by atoms with Crippen molar-refractivity contribution in [1.82, 2.24) is 4.98 Å². The summed E-state index contributed by atoms with van der Waals surface area (Å²) in [5, 5.41) is 0. The van der Waals surface area contributed by atoms with Crippen molar-refractivity contribution in [2.75, 3.05) is 0 Å². The summed E-state index contributed by atoms with van der Waals surface area (Å²) in [5.74, 6) is 1.12. The van der Waals surface area contributed by atoms with Crippen LogP contribution in [0.2, 0.25) is 0 Å². The molecule has 0 aliphatic heterocycles. The molecule has 16 heavy (non-hydrogen) atoms. The number of aryl methyl sites for hydroxylation is 2.